The van der Waals surface area contributed by atoms with Crippen molar-refractivity contribution in [3.05, 3.63) is 71.3 Å². The monoisotopic (exact) mass is 308 g/mol. The molecule has 3 nitrogen and oxygen atoms in total. The van der Waals surface area contributed by atoms with Crippen molar-refractivity contribution in [3.8, 4) is 0 Å². The lowest BCUT2D eigenvalue weighted by Gasteiger charge is -2.16. The van der Waals surface area contributed by atoms with Crippen molar-refractivity contribution in [3.63, 3.8) is 0 Å². The van der Waals surface area contributed by atoms with Gasteiger partial charge in [-0.25, -0.2) is 0 Å². The summed E-state index contributed by atoms with van der Waals surface area (Å²) in [6, 6.07) is 18.8. The summed E-state index contributed by atoms with van der Waals surface area (Å²) in [6.45, 7) is 5.15. The molecule has 1 amide bonds. The predicted molar refractivity (Wildman–Crippen MR) is 93.3 cm³/mol. The molecule has 2 aromatic carbocycles. The van der Waals surface area contributed by atoms with Gasteiger partial charge in [-0.2, -0.15) is 0 Å². The Morgan fingerprint density at radius 3 is 2.65 bits per heavy atom. The summed E-state index contributed by atoms with van der Waals surface area (Å²) in [4.78, 5) is 14.4. The maximum absolute atomic E-state index is 12.2. The maximum atomic E-state index is 12.2. The van der Waals surface area contributed by atoms with E-state index in [0.717, 1.165) is 19.5 Å². The summed E-state index contributed by atoms with van der Waals surface area (Å²) in [7, 11) is 0. The summed E-state index contributed by atoms with van der Waals surface area (Å²) in [5.41, 5.74) is 3.79. The van der Waals surface area contributed by atoms with Gasteiger partial charge in [0, 0.05) is 13.1 Å². The molecule has 3 rings (SSSR count). The number of likely N-dealkylation sites (tertiary alicyclic amines) is 1. The SMILES string of the molecule is Cc1ccccc1CNC(=O)CN1CC[C@@H](c2ccccc2)C1. The average Bonchev–Trinajstić information content (AvgIpc) is 3.03. The van der Waals surface area contributed by atoms with Crippen LogP contribution in [0.3, 0.4) is 0 Å². The zero-order valence-electron chi connectivity index (χ0n) is 13.7. The van der Waals surface area contributed by atoms with Crippen LogP contribution in [-0.4, -0.2) is 30.4 Å². The van der Waals surface area contributed by atoms with E-state index in [9.17, 15) is 4.79 Å². The molecule has 1 atom stereocenters. The molecule has 120 valence electrons. The van der Waals surface area contributed by atoms with E-state index in [0.29, 0.717) is 19.0 Å². The number of nitrogens with zero attached hydrogens (tertiary/aromatic N) is 1. The molecule has 1 saturated heterocycles. The molecule has 23 heavy (non-hydrogen) atoms. The van der Waals surface area contributed by atoms with Crippen molar-refractivity contribution >= 4 is 5.91 Å². The van der Waals surface area contributed by atoms with E-state index in [1.807, 2.05) is 12.1 Å². The summed E-state index contributed by atoms with van der Waals surface area (Å²) in [5.74, 6) is 0.669. The van der Waals surface area contributed by atoms with E-state index in [1.54, 1.807) is 0 Å². The standard InChI is InChI=1S/C20H24N2O/c1-16-7-5-6-10-18(16)13-21-20(23)15-22-12-11-19(14-22)17-8-3-2-4-9-17/h2-10,19H,11-15H2,1H3,(H,21,23)/t19-/m1/s1. The third-order valence-electron chi connectivity index (χ3n) is 4.65. The van der Waals surface area contributed by atoms with Crippen LogP contribution in [0, 0.1) is 6.92 Å². The van der Waals surface area contributed by atoms with Crippen LogP contribution in [-0.2, 0) is 11.3 Å². The van der Waals surface area contributed by atoms with Crippen LogP contribution >= 0.6 is 0 Å². The predicted octanol–water partition coefficient (Wildman–Crippen LogP) is 3.10. The molecular formula is C20H24N2O. The molecule has 0 aliphatic carbocycles. The molecule has 0 unspecified atom stereocenters. The highest BCUT2D eigenvalue weighted by atomic mass is 16.2. The first-order chi connectivity index (χ1) is 11.2. The molecule has 0 bridgehead atoms. The molecule has 2 aromatic rings. The van der Waals surface area contributed by atoms with Crippen molar-refractivity contribution < 1.29 is 4.79 Å². The molecule has 1 aliphatic rings. The molecule has 1 heterocycles. The lowest BCUT2D eigenvalue weighted by Crippen LogP contribution is -2.35. The number of rotatable bonds is 5. The van der Waals surface area contributed by atoms with Crippen molar-refractivity contribution in [1.82, 2.24) is 10.2 Å². The van der Waals surface area contributed by atoms with Crippen LogP contribution in [0.15, 0.2) is 54.6 Å². The molecule has 1 fully saturated rings. The summed E-state index contributed by atoms with van der Waals surface area (Å²) >= 11 is 0. The van der Waals surface area contributed by atoms with Crippen LogP contribution in [0.2, 0.25) is 0 Å². The number of carbonyl (C=O) groups is 1. The highest BCUT2D eigenvalue weighted by Gasteiger charge is 2.24. The van der Waals surface area contributed by atoms with E-state index in [-0.39, 0.29) is 5.91 Å². The molecule has 0 spiro atoms. The van der Waals surface area contributed by atoms with Crippen LogP contribution in [0.5, 0.6) is 0 Å². The highest BCUT2D eigenvalue weighted by Crippen LogP contribution is 2.26. The summed E-state index contributed by atoms with van der Waals surface area (Å²) in [5, 5.41) is 3.04. The van der Waals surface area contributed by atoms with Crippen LogP contribution in [0.4, 0.5) is 0 Å². The first kappa shape index (κ1) is 15.8. The minimum Gasteiger partial charge on any atom is -0.351 e. The van der Waals surface area contributed by atoms with Gasteiger partial charge in [0.15, 0.2) is 0 Å². The fraction of sp³-hybridized carbons (Fsp3) is 0.350. The van der Waals surface area contributed by atoms with Crippen LogP contribution in [0.25, 0.3) is 0 Å². The number of hydrogen-bond donors (Lipinski definition) is 1. The number of aryl methyl sites for hydroxylation is 1. The van der Waals surface area contributed by atoms with Crippen molar-refractivity contribution in [1.29, 1.82) is 0 Å². The lowest BCUT2D eigenvalue weighted by molar-refractivity contribution is -0.122. The van der Waals surface area contributed by atoms with E-state index in [1.165, 1.54) is 16.7 Å². The lowest BCUT2D eigenvalue weighted by atomic mass is 9.99. The Bertz CT molecular complexity index is 654. The summed E-state index contributed by atoms with van der Waals surface area (Å²) < 4.78 is 0. The second-order valence-corrected chi connectivity index (χ2v) is 6.33. The number of hydrogen-bond acceptors (Lipinski definition) is 2. The number of carbonyl (C=O) groups excluding carboxylic acids is 1. The van der Waals surface area contributed by atoms with E-state index in [4.69, 9.17) is 0 Å². The highest BCUT2D eigenvalue weighted by molar-refractivity contribution is 5.78. The van der Waals surface area contributed by atoms with Crippen molar-refractivity contribution in [2.24, 2.45) is 0 Å². The van der Waals surface area contributed by atoms with Gasteiger partial charge in [-0.05, 0) is 42.5 Å². The normalized spacial score (nSPS) is 18.0. The Morgan fingerprint density at radius 2 is 1.87 bits per heavy atom. The topological polar surface area (TPSA) is 32.3 Å². The molecule has 0 aromatic heterocycles. The number of nitrogens with one attached hydrogen (secondary N) is 1. The smallest absolute Gasteiger partial charge is 0.234 e. The number of benzene rings is 2. The quantitative estimate of drug-likeness (QED) is 0.920. The van der Waals surface area contributed by atoms with Crippen molar-refractivity contribution in [2.75, 3.05) is 19.6 Å². The minimum absolute atomic E-state index is 0.113. The third kappa shape index (κ3) is 4.20. The van der Waals surface area contributed by atoms with Gasteiger partial charge >= 0.3 is 0 Å². The fourth-order valence-corrected chi connectivity index (χ4v) is 3.23. The zero-order valence-corrected chi connectivity index (χ0v) is 13.7. The van der Waals surface area contributed by atoms with Crippen LogP contribution < -0.4 is 5.32 Å². The molecule has 3 heteroatoms. The van der Waals surface area contributed by atoms with E-state index >= 15 is 0 Å². The summed E-state index contributed by atoms with van der Waals surface area (Å²) in [6.07, 6.45) is 1.13. The Labute approximate surface area is 138 Å². The van der Waals surface area contributed by atoms with Gasteiger partial charge in [-0.15, -0.1) is 0 Å². The van der Waals surface area contributed by atoms with Gasteiger partial charge in [0.05, 0.1) is 6.54 Å². The fourth-order valence-electron chi connectivity index (χ4n) is 3.23. The van der Waals surface area contributed by atoms with Gasteiger partial charge in [0.25, 0.3) is 0 Å². The minimum atomic E-state index is 0.113. The van der Waals surface area contributed by atoms with E-state index in [2.05, 4.69) is 59.6 Å². The Kier molecular flexibility index (Phi) is 5.09. The maximum Gasteiger partial charge on any atom is 0.234 e. The molecule has 1 N–H and O–H groups in total. The van der Waals surface area contributed by atoms with Crippen LogP contribution in [0.1, 0.15) is 29.0 Å². The Hall–Kier alpha value is -2.13. The Balaban J connectivity index is 1.47. The van der Waals surface area contributed by atoms with Crippen molar-refractivity contribution in [2.45, 2.75) is 25.8 Å². The second-order valence-electron chi connectivity index (χ2n) is 6.33. The average molecular weight is 308 g/mol. The van der Waals surface area contributed by atoms with E-state index < -0.39 is 0 Å². The second kappa shape index (κ2) is 7.42. The molecule has 0 saturated carbocycles. The number of amides is 1. The van der Waals surface area contributed by atoms with Gasteiger partial charge in [0.1, 0.15) is 0 Å². The van der Waals surface area contributed by atoms with Gasteiger partial charge in [-0.1, -0.05) is 54.6 Å². The van der Waals surface area contributed by atoms with Gasteiger partial charge in [-0.3, -0.25) is 9.69 Å². The molecule has 1 aliphatic heterocycles. The first-order valence-electron chi connectivity index (χ1n) is 8.31. The van der Waals surface area contributed by atoms with Gasteiger partial charge in [0.2, 0.25) is 5.91 Å². The molecular weight excluding hydrogens is 284 g/mol. The zero-order chi connectivity index (χ0) is 16.1. The van der Waals surface area contributed by atoms with Gasteiger partial charge < -0.3 is 5.32 Å². The first-order valence-corrected chi connectivity index (χ1v) is 8.31. The largest absolute Gasteiger partial charge is 0.351 e. The Morgan fingerprint density at radius 1 is 1.13 bits per heavy atom. The third-order valence-corrected chi connectivity index (χ3v) is 4.65. The molecule has 0 radical (unpaired) electrons.